The van der Waals surface area contributed by atoms with Gasteiger partial charge in [0.05, 0.1) is 16.9 Å². The summed E-state index contributed by atoms with van der Waals surface area (Å²) in [6, 6.07) is 7.88. The van der Waals surface area contributed by atoms with Gasteiger partial charge in [-0.15, -0.1) is 10.2 Å². The highest BCUT2D eigenvalue weighted by Gasteiger charge is 2.37. The Morgan fingerprint density at radius 1 is 0.656 bits per heavy atom. The van der Waals surface area contributed by atoms with E-state index in [2.05, 4.69) is 41.0 Å². The van der Waals surface area contributed by atoms with Crippen molar-refractivity contribution in [3.05, 3.63) is 81.2 Å². The van der Waals surface area contributed by atoms with Gasteiger partial charge in [-0.3, -0.25) is 33.0 Å². The van der Waals surface area contributed by atoms with E-state index in [4.69, 9.17) is 28.9 Å². The lowest BCUT2D eigenvalue weighted by molar-refractivity contribution is 0.106. The van der Waals surface area contributed by atoms with E-state index in [1.807, 2.05) is 0 Å². The van der Waals surface area contributed by atoms with E-state index in [-0.39, 0.29) is 22.2 Å². The molecule has 0 saturated carbocycles. The number of hydrogen-bond acceptors (Lipinski definition) is 20. The molecule has 1 aromatic heterocycles. The van der Waals surface area contributed by atoms with Gasteiger partial charge < -0.3 is 11.1 Å². The number of nitrogen functional groups attached to an aromatic ring is 1. The molecule has 4 aromatic carbocycles. The lowest BCUT2D eigenvalue weighted by Gasteiger charge is -2.20. The zero-order chi connectivity index (χ0) is 45.2. The maximum absolute atomic E-state index is 14.0. The Kier molecular flexibility index (Phi) is 11.5. The van der Waals surface area contributed by atoms with Gasteiger partial charge in [-0.2, -0.15) is 62.1 Å². The van der Waals surface area contributed by atoms with Crippen LogP contribution < -0.4 is 16.5 Å². The molecule has 0 fully saturated rings. The number of hydrazone groups is 1. The van der Waals surface area contributed by atoms with Gasteiger partial charge in [0.15, 0.2) is 5.71 Å². The quantitative estimate of drug-likeness (QED) is 0.0402. The molecule has 0 spiro atoms. The number of rotatable bonds is 11. The number of carbonyl (C=O) groups excluding carboxylic acids is 1. The Morgan fingerprint density at radius 3 is 1.85 bits per heavy atom. The molecule has 0 saturated heterocycles. The van der Waals surface area contributed by atoms with Gasteiger partial charge in [-0.1, -0.05) is 18.2 Å². The SMILES string of the molecule is Nc1c(N=Nc2ccc3c(S(=O)(=O)O)cccc3c2S(=O)(=O)O)c(S(=O)(=O)O)cc2c1C(=O)C(=NNc1cc(Nc3nc(Cl)nc(Cl)n3)ccc1S(=O)(=O)O)C(S(=O)(=O)O)=C2. The summed E-state index contributed by atoms with van der Waals surface area (Å²) in [5, 5.41) is 11.8. The maximum atomic E-state index is 14.0. The molecular formula is C29H19Cl2N9O16S5. The summed E-state index contributed by atoms with van der Waals surface area (Å²) in [7, 11) is -26.4. The van der Waals surface area contributed by atoms with Crippen LogP contribution in [-0.2, 0) is 50.6 Å². The van der Waals surface area contributed by atoms with E-state index in [0.29, 0.717) is 12.1 Å². The van der Waals surface area contributed by atoms with Gasteiger partial charge in [0, 0.05) is 16.5 Å². The van der Waals surface area contributed by atoms with Crippen molar-refractivity contribution in [3.63, 3.8) is 0 Å². The minimum absolute atomic E-state index is 0.0706. The fraction of sp³-hybridized carbons (Fsp3) is 0. The molecule has 25 nitrogen and oxygen atoms in total. The van der Waals surface area contributed by atoms with Gasteiger partial charge in [0.2, 0.25) is 22.3 Å². The number of azo groups is 1. The van der Waals surface area contributed by atoms with Crippen LogP contribution >= 0.6 is 23.2 Å². The van der Waals surface area contributed by atoms with E-state index < -0.39 is 131 Å². The first-order valence-electron chi connectivity index (χ1n) is 15.5. The fourth-order valence-electron chi connectivity index (χ4n) is 5.61. The topological polar surface area (TPSA) is 415 Å². The van der Waals surface area contributed by atoms with Gasteiger partial charge >= 0.3 is 0 Å². The summed E-state index contributed by atoms with van der Waals surface area (Å²) in [5.74, 6) is -1.82. The van der Waals surface area contributed by atoms with Crippen molar-refractivity contribution in [1.29, 1.82) is 0 Å². The molecule has 0 amide bonds. The summed E-state index contributed by atoms with van der Waals surface area (Å²) in [4.78, 5) is 19.7. The molecule has 5 aromatic rings. The third-order valence-electron chi connectivity index (χ3n) is 7.98. The smallest absolute Gasteiger partial charge is 0.297 e. The van der Waals surface area contributed by atoms with Crippen molar-refractivity contribution in [2.45, 2.75) is 19.6 Å². The van der Waals surface area contributed by atoms with Crippen molar-refractivity contribution in [2.24, 2.45) is 15.3 Å². The van der Waals surface area contributed by atoms with E-state index in [0.717, 1.165) is 48.5 Å². The number of ketones is 1. The molecule has 1 aliphatic rings. The largest absolute Gasteiger partial charge is 0.396 e. The molecule has 32 heteroatoms. The summed E-state index contributed by atoms with van der Waals surface area (Å²) >= 11 is 11.5. The number of nitrogens with one attached hydrogen (secondary N) is 2. The van der Waals surface area contributed by atoms with Crippen molar-refractivity contribution in [1.82, 2.24) is 15.0 Å². The van der Waals surface area contributed by atoms with Crippen LogP contribution in [-0.4, -0.2) is 91.3 Å². The molecule has 1 aliphatic carbocycles. The number of benzene rings is 4. The summed E-state index contributed by atoms with van der Waals surface area (Å²) in [6.45, 7) is 0. The minimum Gasteiger partial charge on any atom is -0.396 e. The van der Waals surface area contributed by atoms with E-state index in [1.54, 1.807) is 0 Å². The summed E-state index contributed by atoms with van der Waals surface area (Å²) in [5.41, 5.74) is 1.78. The van der Waals surface area contributed by atoms with Crippen LogP contribution in [0.1, 0.15) is 15.9 Å². The molecule has 61 heavy (non-hydrogen) atoms. The molecule has 320 valence electrons. The normalized spacial score (nSPS) is 14.6. The van der Waals surface area contributed by atoms with Crippen LogP contribution in [0.15, 0.2) is 94.4 Å². The minimum atomic E-state index is -5.50. The van der Waals surface area contributed by atoms with Crippen LogP contribution in [0.2, 0.25) is 10.6 Å². The highest BCUT2D eigenvalue weighted by Crippen LogP contribution is 2.42. The van der Waals surface area contributed by atoms with Gasteiger partial charge in [0.25, 0.3) is 50.6 Å². The Balaban J connectivity index is 1.52. The van der Waals surface area contributed by atoms with Gasteiger partial charge in [-0.25, -0.2) is 0 Å². The number of nitrogens with zero attached hydrogens (tertiary/aromatic N) is 6. The van der Waals surface area contributed by atoms with Crippen LogP contribution in [0.3, 0.4) is 0 Å². The number of halogens is 2. The molecule has 0 radical (unpaired) electrons. The lowest BCUT2D eigenvalue weighted by atomic mass is 9.92. The summed E-state index contributed by atoms with van der Waals surface area (Å²) in [6.07, 6.45) is 0.473. The molecule has 0 unspecified atom stereocenters. The van der Waals surface area contributed by atoms with Crippen molar-refractivity contribution in [2.75, 3.05) is 16.5 Å². The predicted molar refractivity (Wildman–Crippen MR) is 213 cm³/mol. The number of carbonyl (C=O) groups is 1. The lowest BCUT2D eigenvalue weighted by Crippen LogP contribution is -2.28. The van der Waals surface area contributed by atoms with Crippen molar-refractivity contribution < 1.29 is 69.6 Å². The zero-order valence-electron chi connectivity index (χ0n) is 29.1. The van der Waals surface area contributed by atoms with Crippen LogP contribution in [0.4, 0.5) is 34.4 Å². The second-order valence-electron chi connectivity index (χ2n) is 11.9. The van der Waals surface area contributed by atoms with Crippen molar-refractivity contribution >= 4 is 137 Å². The van der Waals surface area contributed by atoms with Crippen LogP contribution in [0.25, 0.3) is 16.8 Å². The number of anilines is 4. The third-order valence-corrected chi connectivity index (χ3v) is 12.8. The highest BCUT2D eigenvalue weighted by atomic mass is 35.5. The van der Waals surface area contributed by atoms with Gasteiger partial charge in [0.1, 0.15) is 35.9 Å². The fourth-order valence-corrected chi connectivity index (χ4v) is 9.46. The van der Waals surface area contributed by atoms with Gasteiger partial charge in [-0.05, 0) is 71.2 Å². The molecular weight excluding hydrogens is 962 g/mol. The number of hydrogen-bond donors (Lipinski definition) is 8. The predicted octanol–water partition coefficient (Wildman–Crippen LogP) is 3.95. The Bertz CT molecular complexity index is 3440. The number of fused-ring (bicyclic) bond motifs is 2. The number of aromatic nitrogens is 3. The van der Waals surface area contributed by atoms with E-state index >= 15 is 0 Å². The average molecular weight is 981 g/mol. The van der Waals surface area contributed by atoms with Crippen LogP contribution in [0, 0.1) is 0 Å². The number of Topliss-reactive ketones (excluding diaryl/α,β-unsaturated/α-hetero) is 1. The average Bonchev–Trinajstić information content (AvgIpc) is 3.10. The number of nitrogens with two attached hydrogens (primary N) is 1. The standard InChI is InChI=1S/C29H19Cl2N9O16S5/c30-27-34-28(31)36-29(35-27)33-12-4-7-18(58(45,46)47)16(10-12)38-40-24-20(60(51,52)53)9-11-8-19(59(48,49)50)23(22(32)21(11)25(24)41)39-37-15-6-5-13-14(26(15)61(54,55)56)2-1-3-17(13)57(42,43)44/h1-10,38H,32H2,(H,42,43,44)(H,45,46,47)(H,48,49,50)(H,51,52,53)(H,54,55,56)(H,33,34,35,36). The second-order valence-corrected chi connectivity index (χ2v) is 19.5. The second kappa shape index (κ2) is 15.7. The van der Waals surface area contributed by atoms with E-state index in [1.165, 1.54) is 0 Å². The first-order chi connectivity index (χ1) is 28.1. The Morgan fingerprint density at radius 2 is 1.28 bits per heavy atom. The molecule has 9 N–H and O–H groups in total. The van der Waals surface area contributed by atoms with Crippen molar-refractivity contribution in [3.8, 4) is 0 Å². The molecule has 1 heterocycles. The molecule has 0 bridgehead atoms. The highest BCUT2D eigenvalue weighted by molar-refractivity contribution is 7.91. The van der Waals surface area contributed by atoms with Crippen LogP contribution in [0.5, 0.6) is 0 Å². The van der Waals surface area contributed by atoms with E-state index in [9.17, 15) is 69.6 Å². The summed E-state index contributed by atoms with van der Waals surface area (Å²) < 4.78 is 174. The first kappa shape index (κ1) is 44.9. The zero-order valence-corrected chi connectivity index (χ0v) is 34.7. The first-order valence-corrected chi connectivity index (χ1v) is 23.4. The molecule has 6 rings (SSSR count). The molecule has 0 aliphatic heterocycles. The third kappa shape index (κ3) is 9.33. The monoisotopic (exact) mass is 979 g/mol. The Labute approximate surface area is 351 Å². The Hall–Kier alpha value is -5.64. The molecule has 0 atom stereocenters. The number of allylic oxidation sites excluding steroid dienone is 1. The maximum Gasteiger partial charge on any atom is 0.297 e.